The van der Waals surface area contributed by atoms with Crippen LogP contribution in [0.3, 0.4) is 0 Å². The standard InChI is InChI=1S/C21H22N2O3/c1-13-16-7-5-6-8-18(16)22-14(2)17(13)12-21(24)23-19-11-15(25-3)9-10-20(19)26-4/h5-11H,12H2,1-4H3,(H,23,24). The molecule has 26 heavy (non-hydrogen) atoms. The predicted molar refractivity (Wildman–Crippen MR) is 103 cm³/mol. The normalized spacial score (nSPS) is 10.6. The number of hydrogen-bond donors (Lipinski definition) is 1. The van der Waals surface area contributed by atoms with Crippen LogP contribution in [0, 0.1) is 13.8 Å². The average Bonchev–Trinajstić information content (AvgIpc) is 2.65. The molecule has 0 aliphatic rings. The number of methoxy groups -OCH3 is 2. The van der Waals surface area contributed by atoms with E-state index in [1.54, 1.807) is 32.4 Å². The number of pyridine rings is 1. The van der Waals surface area contributed by atoms with Gasteiger partial charge in [-0.3, -0.25) is 9.78 Å². The molecule has 2 aromatic carbocycles. The Morgan fingerprint density at radius 1 is 1.08 bits per heavy atom. The fourth-order valence-corrected chi connectivity index (χ4v) is 3.10. The molecule has 0 atom stereocenters. The van der Waals surface area contributed by atoms with Crippen LogP contribution in [0.15, 0.2) is 42.5 Å². The number of rotatable bonds is 5. The number of para-hydroxylation sites is 1. The highest BCUT2D eigenvalue weighted by Gasteiger charge is 2.15. The molecule has 0 saturated heterocycles. The fourth-order valence-electron chi connectivity index (χ4n) is 3.10. The lowest BCUT2D eigenvalue weighted by Gasteiger charge is -2.14. The van der Waals surface area contributed by atoms with Crippen molar-refractivity contribution in [2.24, 2.45) is 0 Å². The lowest BCUT2D eigenvalue weighted by Crippen LogP contribution is -2.17. The zero-order valence-corrected chi connectivity index (χ0v) is 15.4. The summed E-state index contributed by atoms with van der Waals surface area (Å²) in [7, 11) is 3.15. The first-order valence-electron chi connectivity index (χ1n) is 8.40. The average molecular weight is 350 g/mol. The quantitative estimate of drug-likeness (QED) is 0.754. The Balaban J connectivity index is 1.88. The van der Waals surface area contributed by atoms with Crippen LogP contribution >= 0.6 is 0 Å². The summed E-state index contributed by atoms with van der Waals surface area (Å²) < 4.78 is 10.5. The van der Waals surface area contributed by atoms with E-state index in [1.807, 2.05) is 38.1 Å². The van der Waals surface area contributed by atoms with Crippen molar-refractivity contribution in [2.45, 2.75) is 20.3 Å². The van der Waals surface area contributed by atoms with Gasteiger partial charge in [0.1, 0.15) is 11.5 Å². The van der Waals surface area contributed by atoms with E-state index in [0.717, 1.165) is 27.7 Å². The van der Waals surface area contributed by atoms with Gasteiger partial charge >= 0.3 is 0 Å². The fraction of sp³-hybridized carbons (Fsp3) is 0.238. The largest absolute Gasteiger partial charge is 0.497 e. The van der Waals surface area contributed by atoms with E-state index < -0.39 is 0 Å². The SMILES string of the molecule is COc1ccc(OC)c(NC(=O)Cc2c(C)nc3ccccc3c2C)c1. The number of anilines is 1. The molecule has 0 radical (unpaired) electrons. The number of nitrogens with one attached hydrogen (secondary N) is 1. The molecule has 5 heteroatoms. The van der Waals surface area contributed by atoms with Crippen LogP contribution in [-0.2, 0) is 11.2 Å². The maximum Gasteiger partial charge on any atom is 0.228 e. The van der Waals surface area contributed by atoms with Crippen LogP contribution in [-0.4, -0.2) is 25.1 Å². The molecule has 0 fully saturated rings. The van der Waals surface area contributed by atoms with E-state index >= 15 is 0 Å². The summed E-state index contributed by atoms with van der Waals surface area (Å²) in [4.78, 5) is 17.3. The van der Waals surface area contributed by atoms with Crippen LogP contribution in [0.1, 0.15) is 16.8 Å². The van der Waals surface area contributed by atoms with Crippen molar-refractivity contribution in [2.75, 3.05) is 19.5 Å². The molecule has 0 aliphatic carbocycles. The van der Waals surface area contributed by atoms with Gasteiger partial charge in [-0.15, -0.1) is 0 Å². The van der Waals surface area contributed by atoms with E-state index in [1.165, 1.54) is 0 Å². The number of aryl methyl sites for hydroxylation is 2. The lowest BCUT2D eigenvalue weighted by molar-refractivity contribution is -0.115. The Bertz CT molecular complexity index is 967. The zero-order chi connectivity index (χ0) is 18.7. The monoisotopic (exact) mass is 350 g/mol. The van der Waals surface area contributed by atoms with Gasteiger partial charge in [0.05, 0.1) is 31.8 Å². The summed E-state index contributed by atoms with van der Waals surface area (Å²) in [5.41, 5.74) is 4.43. The van der Waals surface area contributed by atoms with Crippen molar-refractivity contribution >= 4 is 22.5 Å². The summed E-state index contributed by atoms with van der Waals surface area (Å²) in [6.45, 7) is 3.97. The summed E-state index contributed by atoms with van der Waals surface area (Å²) in [6.07, 6.45) is 0.246. The van der Waals surface area contributed by atoms with Crippen molar-refractivity contribution in [3.63, 3.8) is 0 Å². The van der Waals surface area contributed by atoms with E-state index in [-0.39, 0.29) is 12.3 Å². The van der Waals surface area contributed by atoms with Crippen LogP contribution in [0.2, 0.25) is 0 Å². The zero-order valence-electron chi connectivity index (χ0n) is 15.4. The summed E-state index contributed by atoms with van der Waals surface area (Å²) >= 11 is 0. The molecule has 3 rings (SSSR count). The number of fused-ring (bicyclic) bond motifs is 1. The van der Waals surface area contributed by atoms with Gasteiger partial charge in [-0.1, -0.05) is 18.2 Å². The number of aromatic nitrogens is 1. The van der Waals surface area contributed by atoms with E-state index in [2.05, 4.69) is 10.3 Å². The van der Waals surface area contributed by atoms with Crippen molar-refractivity contribution in [3.8, 4) is 11.5 Å². The number of ether oxygens (including phenoxy) is 2. The van der Waals surface area contributed by atoms with Gasteiger partial charge in [0.25, 0.3) is 0 Å². The highest BCUT2D eigenvalue weighted by Crippen LogP contribution is 2.29. The third kappa shape index (κ3) is 3.47. The highest BCUT2D eigenvalue weighted by molar-refractivity contribution is 5.95. The Hall–Kier alpha value is -3.08. The molecule has 1 amide bonds. The van der Waals surface area contributed by atoms with Crippen LogP contribution in [0.25, 0.3) is 10.9 Å². The van der Waals surface area contributed by atoms with Gasteiger partial charge in [-0.2, -0.15) is 0 Å². The summed E-state index contributed by atoms with van der Waals surface area (Å²) in [6, 6.07) is 13.3. The molecule has 0 saturated carbocycles. The lowest BCUT2D eigenvalue weighted by atomic mass is 9.99. The number of carbonyl (C=O) groups excluding carboxylic acids is 1. The number of hydrogen-bond acceptors (Lipinski definition) is 4. The maximum atomic E-state index is 12.7. The smallest absolute Gasteiger partial charge is 0.228 e. The van der Waals surface area contributed by atoms with Crippen molar-refractivity contribution in [1.29, 1.82) is 0 Å². The second-order valence-electron chi connectivity index (χ2n) is 6.11. The second-order valence-corrected chi connectivity index (χ2v) is 6.11. The molecule has 0 bridgehead atoms. The molecule has 5 nitrogen and oxygen atoms in total. The molecular formula is C21H22N2O3. The second kappa shape index (κ2) is 7.44. The molecule has 1 aromatic heterocycles. The van der Waals surface area contributed by atoms with Crippen LogP contribution in [0.5, 0.6) is 11.5 Å². The van der Waals surface area contributed by atoms with Crippen molar-refractivity contribution in [1.82, 2.24) is 4.98 Å². The van der Waals surface area contributed by atoms with Gasteiger partial charge in [-0.05, 0) is 43.2 Å². The number of amides is 1. The minimum atomic E-state index is -0.125. The summed E-state index contributed by atoms with van der Waals surface area (Å²) in [5.74, 6) is 1.12. The Kier molecular flexibility index (Phi) is 5.07. The summed E-state index contributed by atoms with van der Waals surface area (Å²) in [5, 5.41) is 3.98. The number of benzene rings is 2. The van der Waals surface area contributed by atoms with E-state index in [0.29, 0.717) is 17.2 Å². The van der Waals surface area contributed by atoms with Crippen LogP contribution < -0.4 is 14.8 Å². The molecular weight excluding hydrogens is 328 g/mol. The third-order valence-corrected chi connectivity index (χ3v) is 4.50. The molecule has 1 heterocycles. The van der Waals surface area contributed by atoms with Gasteiger partial charge < -0.3 is 14.8 Å². The Morgan fingerprint density at radius 2 is 1.85 bits per heavy atom. The highest BCUT2D eigenvalue weighted by atomic mass is 16.5. The molecule has 3 aromatic rings. The third-order valence-electron chi connectivity index (χ3n) is 4.50. The molecule has 1 N–H and O–H groups in total. The molecule has 134 valence electrons. The Labute approximate surface area is 153 Å². The topological polar surface area (TPSA) is 60.5 Å². The minimum Gasteiger partial charge on any atom is -0.497 e. The first-order chi connectivity index (χ1) is 12.5. The van der Waals surface area contributed by atoms with Crippen molar-refractivity contribution in [3.05, 3.63) is 59.3 Å². The minimum absolute atomic E-state index is 0.125. The predicted octanol–water partition coefficient (Wildman–Crippen LogP) is 4.05. The van der Waals surface area contributed by atoms with Gasteiger partial charge in [-0.25, -0.2) is 0 Å². The molecule has 0 spiro atoms. The van der Waals surface area contributed by atoms with Crippen LogP contribution in [0.4, 0.5) is 5.69 Å². The first-order valence-corrected chi connectivity index (χ1v) is 8.40. The van der Waals surface area contributed by atoms with Gasteiger partial charge in [0.2, 0.25) is 5.91 Å². The Morgan fingerprint density at radius 3 is 2.58 bits per heavy atom. The molecule has 0 aliphatic heterocycles. The number of carbonyl (C=O) groups is 1. The van der Waals surface area contributed by atoms with E-state index in [4.69, 9.17) is 9.47 Å². The molecule has 0 unspecified atom stereocenters. The first kappa shape index (κ1) is 17.7. The van der Waals surface area contributed by atoms with Gasteiger partial charge in [0, 0.05) is 17.1 Å². The van der Waals surface area contributed by atoms with E-state index in [9.17, 15) is 4.79 Å². The maximum absolute atomic E-state index is 12.7. The number of nitrogens with zero attached hydrogens (tertiary/aromatic N) is 1. The van der Waals surface area contributed by atoms with Gasteiger partial charge in [0.15, 0.2) is 0 Å². The van der Waals surface area contributed by atoms with Crippen molar-refractivity contribution < 1.29 is 14.3 Å².